The van der Waals surface area contributed by atoms with Crippen LogP contribution in [0.3, 0.4) is 0 Å². The van der Waals surface area contributed by atoms with E-state index in [9.17, 15) is 4.79 Å². The molecule has 1 aromatic carbocycles. The van der Waals surface area contributed by atoms with Gasteiger partial charge in [-0.05, 0) is 30.2 Å². The average Bonchev–Trinajstić information content (AvgIpc) is 2.17. The number of carboxylic acid groups (broad SMARTS) is 1. The standard InChI is InChI=1S/C11H13BrO3/c1-7(11(13)14)10-4-3-9(12)5-8(10)6-15-2/h3-5,7H,6H2,1-2H3,(H,13,14). The lowest BCUT2D eigenvalue weighted by atomic mass is 9.96. The monoisotopic (exact) mass is 272 g/mol. The molecule has 1 unspecified atom stereocenters. The zero-order valence-electron chi connectivity index (χ0n) is 8.66. The SMILES string of the molecule is COCc1cc(Br)ccc1C(C)C(=O)O. The predicted octanol–water partition coefficient (Wildman–Crippen LogP) is 2.78. The van der Waals surface area contributed by atoms with Crippen LogP contribution in [0.25, 0.3) is 0 Å². The van der Waals surface area contributed by atoms with Crippen molar-refractivity contribution in [2.24, 2.45) is 0 Å². The van der Waals surface area contributed by atoms with Gasteiger partial charge in [0.25, 0.3) is 0 Å². The molecule has 0 heterocycles. The van der Waals surface area contributed by atoms with Gasteiger partial charge in [-0.25, -0.2) is 0 Å². The Hall–Kier alpha value is -0.870. The summed E-state index contributed by atoms with van der Waals surface area (Å²) in [7, 11) is 1.59. The highest BCUT2D eigenvalue weighted by Gasteiger charge is 2.17. The molecule has 1 aromatic rings. The van der Waals surface area contributed by atoms with Gasteiger partial charge in [0, 0.05) is 11.6 Å². The predicted molar refractivity (Wildman–Crippen MR) is 60.9 cm³/mol. The van der Waals surface area contributed by atoms with E-state index in [1.807, 2.05) is 18.2 Å². The summed E-state index contributed by atoms with van der Waals surface area (Å²) in [6.45, 7) is 2.09. The number of halogens is 1. The lowest BCUT2D eigenvalue weighted by Gasteiger charge is -2.12. The van der Waals surface area contributed by atoms with Gasteiger partial charge >= 0.3 is 5.97 Å². The Balaban J connectivity index is 3.10. The van der Waals surface area contributed by atoms with E-state index in [0.29, 0.717) is 6.61 Å². The first-order chi connectivity index (χ1) is 7.06. The van der Waals surface area contributed by atoms with Gasteiger partial charge in [0.15, 0.2) is 0 Å². The van der Waals surface area contributed by atoms with Gasteiger partial charge in [0.1, 0.15) is 0 Å². The summed E-state index contributed by atoms with van der Waals surface area (Å²) in [4.78, 5) is 10.9. The Morgan fingerprint density at radius 2 is 2.27 bits per heavy atom. The van der Waals surface area contributed by atoms with E-state index < -0.39 is 11.9 Å². The maximum absolute atomic E-state index is 10.9. The molecular formula is C11H13BrO3. The van der Waals surface area contributed by atoms with Crippen LogP contribution in [0.1, 0.15) is 24.0 Å². The normalized spacial score (nSPS) is 12.5. The number of ether oxygens (including phenoxy) is 1. The summed E-state index contributed by atoms with van der Waals surface area (Å²) in [5.74, 6) is -1.34. The first-order valence-electron chi connectivity index (χ1n) is 4.56. The van der Waals surface area contributed by atoms with Crippen LogP contribution < -0.4 is 0 Å². The molecule has 82 valence electrons. The minimum absolute atomic E-state index is 0.423. The number of hydrogen-bond donors (Lipinski definition) is 1. The second-order valence-electron chi connectivity index (χ2n) is 3.34. The van der Waals surface area contributed by atoms with Crippen molar-refractivity contribution < 1.29 is 14.6 Å². The molecule has 0 aliphatic carbocycles. The molecule has 0 saturated heterocycles. The third kappa shape index (κ3) is 3.04. The van der Waals surface area contributed by atoms with Crippen molar-refractivity contribution in [3.63, 3.8) is 0 Å². The maximum Gasteiger partial charge on any atom is 0.310 e. The molecule has 1 rings (SSSR count). The third-order valence-corrected chi connectivity index (χ3v) is 2.74. The number of rotatable bonds is 4. The van der Waals surface area contributed by atoms with Crippen LogP contribution in [-0.4, -0.2) is 18.2 Å². The fraction of sp³-hybridized carbons (Fsp3) is 0.364. The van der Waals surface area contributed by atoms with Gasteiger partial charge in [-0.2, -0.15) is 0 Å². The van der Waals surface area contributed by atoms with E-state index in [1.165, 1.54) is 0 Å². The van der Waals surface area contributed by atoms with Gasteiger partial charge in [0.2, 0.25) is 0 Å². The van der Waals surface area contributed by atoms with Gasteiger partial charge in [-0.1, -0.05) is 22.0 Å². The van der Waals surface area contributed by atoms with Gasteiger partial charge in [-0.15, -0.1) is 0 Å². The Morgan fingerprint density at radius 3 is 2.80 bits per heavy atom. The van der Waals surface area contributed by atoms with Crippen molar-refractivity contribution in [1.82, 2.24) is 0 Å². The zero-order valence-corrected chi connectivity index (χ0v) is 10.2. The van der Waals surface area contributed by atoms with Crippen molar-refractivity contribution >= 4 is 21.9 Å². The summed E-state index contributed by atoms with van der Waals surface area (Å²) in [6, 6.07) is 5.55. The van der Waals surface area contributed by atoms with Crippen LogP contribution in [0.2, 0.25) is 0 Å². The largest absolute Gasteiger partial charge is 0.481 e. The molecule has 0 aliphatic heterocycles. The molecule has 0 aliphatic rings. The number of carboxylic acids is 1. The lowest BCUT2D eigenvalue weighted by Crippen LogP contribution is -2.10. The van der Waals surface area contributed by atoms with Crippen LogP contribution in [0.4, 0.5) is 0 Å². The summed E-state index contributed by atoms with van der Waals surface area (Å²) in [5.41, 5.74) is 1.70. The van der Waals surface area contributed by atoms with Crippen LogP contribution in [0.5, 0.6) is 0 Å². The second kappa shape index (κ2) is 5.28. The first kappa shape index (κ1) is 12.2. The Labute approximate surface area is 97.2 Å². The van der Waals surface area contributed by atoms with Crippen molar-refractivity contribution in [3.8, 4) is 0 Å². The molecular weight excluding hydrogens is 260 g/mol. The van der Waals surface area contributed by atoms with Crippen LogP contribution in [-0.2, 0) is 16.1 Å². The van der Waals surface area contributed by atoms with Gasteiger partial charge < -0.3 is 9.84 Å². The van der Waals surface area contributed by atoms with Crippen molar-refractivity contribution in [2.75, 3.05) is 7.11 Å². The average molecular weight is 273 g/mol. The van der Waals surface area contributed by atoms with Crippen molar-refractivity contribution in [1.29, 1.82) is 0 Å². The molecule has 3 nitrogen and oxygen atoms in total. The number of carbonyl (C=O) groups is 1. The van der Waals surface area contributed by atoms with E-state index in [-0.39, 0.29) is 0 Å². The van der Waals surface area contributed by atoms with Gasteiger partial charge in [0.05, 0.1) is 12.5 Å². The Bertz CT molecular complexity index is 363. The van der Waals surface area contributed by atoms with E-state index in [4.69, 9.17) is 9.84 Å². The topological polar surface area (TPSA) is 46.5 Å². The molecule has 0 aromatic heterocycles. The first-order valence-corrected chi connectivity index (χ1v) is 5.35. The quantitative estimate of drug-likeness (QED) is 0.917. The van der Waals surface area contributed by atoms with E-state index in [2.05, 4.69) is 15.9 Å². The molecule has 0 radical (unpaired) electrons. The highest BCUT2D eigenvalue weighted by molar-refractivity contribution is 9.10. The highest BCUT2D eigenvalue weighted by Crippen LogP contribution is 2.24. The van der Waals surface area contributed by atoms with Crippen molar-refractivity contribution in [3.05, 3.63) is 33.8 Å². The maximum atomic E-state index is 10.9. The molecule has 0 amide bonds. The molecule has 15 heavy (non-hydrogen) atoms. The summed E-state index contributed by atoms with van der Waals surface area (Å²) in [5, 5.41) is 8.94. The Kier molecular flexibility index (Phi) is 4.29. The van der Waals surface area contributed by atoms with Crippen LogP contribution in [0, 0.1) is 0 Å². The Morgan fingerprint density at radius 1 is 1.60 bits per heavy atom. The minimum atomic E-state index is -0.824. The lowest BCUT2D eigenvalue weighted by molar-refractivity contribution is -0.138. The van der Waals surface area contributed by atoms with Crippen molar-refractivity contribution in [2.45, 2.75) is 19.4 Å². The van der Waals surface area contributed by atoms with E-state index in [0.717, 1.165) is 15.6 Å². The second-order valence-corrected chi connectivity index (χ2v) is 4.25. The van der Waals surface area contributed by atoms with Crippen LogP contribution in [0.15, 0.2) is 22.7 Å². The number of benzene rings is 1. The smallest absolute Gasteiger partial charge is 0.310 e. The molecule has 0 saturated carbocycles. The minimum Gasteiger partial charge on any atom is -0.481 e. The summed E-state index contributed by atoms with van der Waals surface area (Å²) in [6.07, 6.45) is 0. The third-order valence-electron chi connectivity index (χ3n) is 2.24. The number of aliphatic carboxylic acids is 1. The fourth-order valence-electron chi connectivity index (χ4n) is 1.41. The zero-order chi connectivity index (χ0) is 11.4. The van der Waals surface area contributed by atoms with E-state index >= 15 is 0 Å². The molecule has 1 N–H and O–H groups in total. The van der Waals surface area contributed by atoms with Gasteiger partial charge in [-0.3, -0.25) is 4.79 Å². The molecule has 0 bridgehead atoms. The number of methoxy groups -OCH3 is 1. The summed E-state index contributed by atoms with van der Waals surface area (Å²) >= 11 is 3.35. The molecule has 0 fully saturated rings. The molecule has 4 heteroatoms. The van der Waals surface area contributed by atoms with E-state index in [1.54, 1.807) is 14.0 Å². The summed E-state index contributed by atoms with van der Waals surface area (Å²) < 4.78 is 5.97. The molecule has 0 spiro atoms. The highest BCUT2D eigenvalue weighted by atomic mass is 79.9. The fourth-order valence-corrected chi connectivity index (χ4v) is 1.82. The number of hydrogen-bond acceptors (Lipinski definition) is 2. The molecule has 1 atom stereocenters. The van der Waals surface area contributed by atoms with Crippen LogP contribution >= 0.6 is 15.9 Å².